The van der Waals surface area contributed by atoms with Crippen molar-refractivity contribution in [3.05, 3.63) is 34.2 Å². The molecule has 1 aromatic rings. The predicted octanol–water partition coefficient (Wildman–Crippen LogP) is 1.98. The van der Waals surface area contributed by atoms with Gasteiger partial charge in [0.15, 0.2) is 5.43 Å². The Kier molecular flexibility index (Phi) is 2.73. The second-order valence-corrected chi connectivity index (χ2v) is 5.66. The highest BCUT2D eigenvalue weighted by Gasteiger charge is 2.39. The highest BCUT2D eigenvalue weighted by molar-refractivity contribution is 5.86. The molecule has 2 bridgehead atoms. The van der Waals surface area contributed by atoms with Crippen molar-refractivity contribution < 1.29 is 9.90 Å². The Labute approximate surface area is 105 Å². The van der Waals surface area contributed by atoms with Crippen LogP contribution in [0.5, 0.6) is 0 Å². The number of pyridine rings is 1. The normalized spacial score (nSPS) is 29.7. The van der Waals surface area contributed by atoms with Crippen molar-refractivity contribution in [1.82, 2.24) is 4.57 Å². The molecular weight excluding hydrogens is 230 g/mol. The highest BCUT2D eigenvalue weighted by Crippen LogP contribution is 2.48. The van der Waals surface area contributed by atoms with Crippen molar-refractivity contribution in [2.75, 3.05) is 0 Å². The SMILES string of the molecule is O=C(O)c1cn(CC2CC3CCC2C3)ccc1=O. The van der Waals surface area contributed by atoms with Crippen molar-refractivity contribution in [2.45, 2.75) is 32.2 Å². The quantitative estimate of drug-likeness (QED) is 0.888. The first-order chi connectivity index (χ1) is 8.63. The molecule has 1 heterocycles. The maximum Gasteiger partial charge on any atom is 0.341 e. The van der Waals surface area contributed by atoms with E-state index in [-0.39, 0.29) is 5.56 Å². The van der Waals surface area contributed by atoms with Gasteiger partial charge < -0.3 is 9.67 Å². The minimum absolute atomic E-state index is 0.124. The summed E-state index contributed by atoms with van der Waals surface area (Å²) < 4.78 is 1.87. The first kappa shape index (κ1) is 11.5. The second-order valence-electron chi connectivity index (χ2n) is 5.66. The zero-order valence-corrected chi connectivity index (χ0v) is 10.2. The lowest BCUT2D eigenvalue weighted by molar-refractivity contribution is 0.0694. The summed E-state index contributed by atoms with van der Waals surface area (Å²) in [5.74, 6) is 1.22. The average Bonchev–Trinajstić information content (AvgIpc) is 2.93. The third-order valence-corrected chi connectivity index (χ3v) is 4.54. The molecule has 1 aromatic heterocycles. The molecule has 2 aliphatic rings. The van der Waals surface area contributed by atoms with Gasteiger partial charge in [0.05, 0.1) is 0 Å². The smallest absolute Gasteiger partial charge is 0.341 e. The van der Waals surface area contributed by atoms with Gasteiger partial charge in [0, 0.05) is 25.0 Å². The van der Waals surface area contributed by atoms with Gasteiger partial charge in [-0.15, -0.1) is 0 Å². The van der Waals surface area contributed by atoms with E-state index in [9.17, 15) is 9.59 Å². The lowest BCUT2D eigenvalue weighted by Crippen LogP contribution is -2.21. The van der Waals surface area contributed by atoms with Crippen LogP contribution >= 0.6 is 0 Å². The van der Waals surface area contributed by atoms with Crippen LogP contribution in [-0.4, -0.2) is 15.6 Å². The summed E-state index contributed by atoms with van der Waals surface area (Å²) in [5, 5.41) is 8.94. The van der Waals surface area contributed by atoms with E-state index in [0.29, 0.717) is 5.92 Å². The molecule has 1 N–H and O–H groups in total. The number of carbonyl (C=O) groups is 1. The summed E-state index contributed by atoms with van der Waals surface area (Å²) in [4.78, 5) is 22.3. The second kappa shape index (κ2) is 4.26. The summed E-state index contributed by atoms with van der Waals surface area (Å²) in [6.45, 7) is 0.849. The molecule has 0 saturated heterocycles. The number of rotatable bonds is 3. The molecule has 0 aromatic carbocycles. The molecule has 0 spiro atoms. The maximum atomic E-state index is 11.4. The van der Waals surface area contributed by atoms with Crippen molar-refractivity contribution in [3.63, 3.8) is 0 Å². The molecule has 2 saturated carbocycles. The van der Waals surface area contributed by atoms with Gasteiger partial charge in [0.25, 0.3) is 0 Å². The van der Waals surface area contributed by atoms with E-state index in [4.69, 9.17) is 5.11 Å². The van der Waals surface area contributed by atoms with Crippen molar-refractivity contribution in [2.24, 2.45) is 17.8 Å². The third kappa shape index (κ3) is 1.96. The Hall–Kier alpha value is -1.58. The lowest BCUT2D eigenvalue weighted by atomic mass is 9.89. The Morgan fingerprint density at radius 3 is 2.83 bits per heavy atom. The fraction of sp³-hybridized carbons (Fsp3) is 0.571. The van der Waals surface area contributed by atoms with Gasteiger partial charge >= 0.3 is 5.97 Å². The summed E-state index contributed by atoms with van der Waals surface area (Å²) >= 11 is 0. The topological polar surface area (TPSA) is 59.3 Å². The van der Waals surface area contributed by atoms with Crippen molar-refractivity contribution in [3.8, 4) is 0 Å². The number of fused-ring (bicyclic) bond motifs is 2. The van der Waals surface area contributed by atoms with Crippen LogP contribution in [0.1, 0.15) is 36.0 Å². The Bertz CT molecular complexity index is 534. The average molecular weight is 247 g/mol. The van der Waals surface area contributed by atoms with Gasteiger partial charge in [-0.05, 0) is 37.0 Å². The van der Waals surface area contributed by atoms with Gasteiger partial charge in [-0.3, -0.25) is 4.79 Å². The molecular formula is C14H17NO3. The molecule has 4 heteroatoms. The first-order valence-electron chi connectivity index (χ1n) is 6.57. The number of carboxylic acid groups (broad SMARTS) is 1. The number of hydrogen-bond acceptors (Lipinski definition) is 2. The first-order valence-corrected chi connectivity index (χ1v) is 6.57. The Balaban J connectivity index is 1.79. The van der Waals surface area contributed by atoms with Crippen LogP contribution in [0.2, 0.25) is 0 Å². The summed E-state index contributed by atoms with van der Waals surface area (Å²) in [7, 11) is 0. The fourth-order valence-electron chi connectivity index (χ4n) is 3.67. The minimum atomic E-state index is -1.14. The molecule has 0 radical (unpaired) electrons. The van der Waals surface area contributed by atoms with Gasteiger partial charge in [0.2, 0.25) is 0 Å². The van der Waals surface area contributed by atoms with Crippen LogP contribution in [0.4, 0.5) is 0 Å². The zero-order valence-electron chi connectivity index (χ0n) is 10.2. The van der Waals surface area contributed by atoms with Crippen molar-refractivity contribution >= 4 is 5.97 Å². The molecule has 3 unspecified atom stereocenters. The number of aromatic nitrogens is 1. The highest BCUT2D eigenvalue weighted by atomic mass is 16.4. The summed E-state index contributed by atoms with van der Waals surface area (Å²) in [6.07, 6.45) is 8.49. The third-order valence-electron chi connectivity index (χ3n) is 4.54. The van der Waals surface area contributed by atoms with Crippen molar-refractivity contribution in [1.29, 1.82) is 0 Å². The van der Waals surface area contributed by atoms with Crippen LogP contribution < -0.4 is 5.43 Å². The summed E-state index contributed by atoms with van der Waals surface area (Å²) in [5.41, 5.74) is -0.535. The largest absolute Gasteiger partial charge is 0.477 e. The van der Waals surface area contributed by atoms with E-state index >= 15 is 0 Å². The van der Waals surface area contributed by atoms with E-state index in [0.717, 1.165) is 18.4 Å². The van der Waals surface area contributed by atoms with E-state index in [2.05, 4.69) is 0 Å². The number of aromatic carboxylic acids is 1. The van der Waals surface area contributed by atoms with Crippen LogP contribution in [0, 0.1) is 17.8 Å². The molecule has 0 aliphatic heterocycles. The number of hydrogen-bond donors (Lipinski definition) is 1. The van der Waals surface area contributed by atoms with Crippen LogP contribution in [0.15, 0.2) is 23.3 Å². The van der Waals surface area contributed by atoms with Gasteiger partial charge in [0.1, 0.15) is 5.56 Å². The van der Waals surface area contributed by atoms with Crippen LogP contribution in [0.3, 0.4) is 0 Å². The number of nitrogens with zero attached hydrogens (tertiary/aromatic N) is 1. The lowest BCUT2D eigenvalue weighted by Gasteiger charge is -2.22. The van der Waals surface area contributed by atoms with Gasteiger partial charge in [-0.1, -0.05) is 6.42 Å². The molecule has 18 heavy (non-hydrogen) atoms. The molecule has 2 fully saturated rings. The van der Waals surface area contributed by atoms with Crippen LogP contribution in [0.25, 0.3) is 0 Å². The van der Waals surface area contributed by atoms with E-state index < -0.39 is 11.4 Å². The summed E-state index contributed by atoms with van der Waals surface area (Å²) in [6, 6.07) is 1.36. The van der Waals surface area contributed by atoms with E-state index in [1.807, 2.05) is 4.57 Å². The zero-order chi connectivity index (χ0) is 12.7. The molecule has 3 rings (SSSR count). The maximum absolute atomic E-state index is 11.4. The molecule has 3 atom stereocenters. The number of carboxylic acids is 1. The Morgan fingerprint density at radius 1 is 1.39 bits per heavy atom. The standard InChI is InChI=1S/C14H17NO3/c16-13-3-4-15(8-12(13)14(17)18)7-11-6-9-1-2-10(11)5-9/h3-4,8-11H,1-2,5-7H2,(H,17,18). The van der Waals surface area contributed by atoms with Crippen LogP contribution in [-0.2, 0) is 6.54 Å². The Morgan fingerprint density at radius 2 is 2.22 bits per heavy atom. The minimum Gasteiger partial charge on any atom is -0.477 e. The van der Waals surface area contributed by atoms with Gasteiger partial charge in [-0.25, -0.2) is 4.79 Å². The molecule has 2 aliphatic carbocycles. The molecule has 0 amide bonds. The van der Waals surface area contributed by atoms with E-state index in [1.165, 1.54) is 37.9 Å². The van der Waals surface area contributed by atoms with E-state index in [1.54, 1.807) is 6.20 Å². The predicted molar refractivity (Wildman–Crippen MR) is 66.6 cm³/mol. The van der Waals surface area contributed by atoms with Gasteiger partial charge in [-0.2, -0.15) is 0 Å². The molecule has 96 valence electrons. The fourth-order valence-corrected chi connectivity index (χ4v) is 3.67. The molecule has 4 nitrogen and oxygen atoms in total. The monoisotopic (exact) mass is 247 g/mol.